The number of hydrogen-bond acceptors (Lipinski definition) is 3. The van der Waals surface area contributed by atoms with Gasteiger partial charge in [-0.25, -0.2) is 4.79 Å². The minimum atomic E-state index is -0.909. The van der Waals surface area contributed by atoms with Crippen LogP contribution in [0.2, 0.25) is 0 Å². The molecule has 4 heteroatoms. The first-order valence-electron chi connectivity index (χ1n) is 3.92. The number of carbonyl (C=O) groups is 1. The Kier molecular flexibility index (Phi) is 3.62. The minimum absolute atomic E-state index is 0.243. The maximum Gasteiger partial charge on any atom is 0.332 e. The first-order chi connectivity index (χ1) is 5.70. The van der Waals surface area contributed by atoms with Crippen molar-refractivity contribution < 1.29 is 9.90 Å². The molecule has 0 radical (unpaired) electrons. The van der Waals surface area contributed by atoms with Crippen LogP contribution in [0.1, 0.15) is 6.42 Å². The lowest BCUT2D eigenvalue weighted by atomic mass is 10.2. The van der Waals surface area contributed by atoms with E-state index < -0.39 is 5.97 Å². The van der Waals surface area contributed by atoms with Gasteiger partial charge < -0.3 is 10.4 Å². The van der Waals surface area contributed by atoms with Gasteiger partial charge in [-0.3, -0.25) is 0 Å². The van der Waals surface area contributed by atoms with Crippen molar-refractivity contribution in [3.05, 3.63) is 12.2 Å². The maximum atomic E-state index is 10.4. The van der Waals surface area contributed by atoms with E-state index in [2.05, 4.69) is 11.9 Å². The van der Waals surface area contributed by atoms with Crippen molar-refractivity contribution in [2.75, 3.05) is 18.1 Å². The van der Waals surface area contributed by atoms with Crippen molar-refractivity contribution in [2.45, 2.75) is 12.5 Å². The molecule has 1 heterocycles. The Bertz CT molecular complexity index is 187. The van der Waals surface area contributed by atoms with E-state index in [1.165, 1.54) is 5.75 Å². The molecular weight excluding hydrogens is 174 g/mol. The topological polar surface area (TPSA) is 49.3 Å². The van der Waals surface area contributed by atoms with E-state index in [9.17, 15) is 4.79 Å². The van der Waals surface area contributed by atoms with Crippen molar-refractivity contribution in [1.29, 1.82) is 0 Å². The normalized spacial score (nSPS) is 22.5. The van der Waals surface area contributed by atoms with Crippen LogP contribution >= 0.6 is 11.8 Å². The highest BCUT2D eigenvalue weighted by Gasteiger charge is 2.15. The van der Waals surface area contributed by atoms with Gasteiger partial charge in [0.25, 0.3) is 0 Å². The van der Waals surface area contributed by atoms with Crippen molar-refractivity contribution in [3.63, 3.8) is 0 Å². The fourth-order valence-corrected chi connectivity index (χ4v) is 2.23. The van der Waals surface area contributed by atoms with Crippen LogP contribution in [0, 0.1) is 0 Å². The molecule has 3 nitrogen and oxygen atoms in total. The maximum absolute atomic E-state index is 10.4. The molecule has 1 aliphatic heterocycles. The predicted octanol–water partition coefficient (Wildman–Crippen LogP) is 0.722. The van der Waals surface area contributed by atoms with E-state index in [0.29, 0.717) is 12.6 Å². The summed E-state index contributed by atoms with van der Waals surface area (Å²) in [4.78, 5) is 10.4. The van der Waals surface area contributed by atoms with Gasteiger partial charge in [-0.15, -0.1) is 0 Å². The molecule has 12 heavy (non-hydrogen) atoms. The van der Waals surface area contributed by atoms with Crippen LogP contribution in [0.4, 0.5) is 0 Å². The number of aliphatic carboxylic acids is 1. The molecule has 0 amide bonds. The molecule has 0 aliphatic carbocycles. The van der Waals surface area contributed by atoms with E-state index in [0.717, 1.165) is 12.2 Å². The molecule has 2 N–H and O–H groups in total. The average molecular weight is 187 g/mol. The first-order valence-corrected chi connectivity index (χ1v) is 5.08. The highest BCUT2D eigenvalue weighted by atomic mass is 32.2. The lowest BCUT2D eigenvalue weighted by Crippen LogP contribution is -2.31. The van der Waals surface area contributed by atoms with E-state index in [1.807, 2.05) is 11.8 Å². The van der Waals surface area contributed by atoms with Gasteiger partial charge in [0.2, 0.25) is 0 Å². The third-order valence-electron chi connectivity index (χ3n) is 1.84. The lowest BCUT2D eigenvalue weighted by Gasteiger charge is -2.09. The molecule has 1 unspecified atom stereocenters. The van der Waals surface area contributed by atoms with Gasteiger partial charge in [0.15, 0.2) is 0 Å². The highest BCUT2D eigenvalue weighted by Crippen LogP contribution is 2.16. The summed E-state index contributed by atoms with van der Waals surface area (Å²) in [5, 5.41) is 11.7. The van der Waals surface area contributed by atoms with Gasteiger partial charge in [0.05, 0.1) is 0 Å². The Hall–Kier alpha value is -0.480. The Morgan fingerprint density at radius 1 is 1.75 bits per heavy atom. The van der Waals surface area contributed by atoms with Gasteiger partial charge in [-0.2, -0.15) is 11.8 Å². The Morgan fingerprint density at radius 3 is 3.00 bits per heavy atom. The average Bonchev–Trinajstić information content (AvgIpc) is 2.51. The number of carboxylic acids is 1. The van der Waals surface area contributed by atoms with E-state index >= 15 is 0 Å². The molecule has 0 aromatic rings. The smallest absolute Gasteiger partial charge is 0.332 e. The summed E-state index contributed by atoms with van der Waals surface area (Å²) in [5.74, 6) is 1.36. The Balaban J connectivity index is 2.16. The molecule has 0 aromatic carbocycles. The predicted molar refractivity (Wildman–Crippen MR) is 50.5 cm³/mol. The van der Waals surface area contributed by atoms with Crippen molar-refractivity contribution in [2.24, 2.45) is 0 Å². The van der Waals surface area contributed by atoms with Crippen LogP contribution < -0.4 is 5.32 Å². The fraction of sp³-hybridized carbons (Fsp3) is 0.625. The molecule has 1 saturated heterocycles. The number of carboxylic acid groups (broad SMARTS) is 1. The summed E-state index contributed by atoms with van der Waals surface area (Å²) in [6.07, 6.45) is 1.14. The molecule has 0 saturated carbocycles. The first kappa shape index (κ1) is 9.61. The largest absolute Gasteiger partial charge is 0.478 e. The summed E-state index contributed by atoms with van der Waals surface area (Å²) < 4.78 is 0. The zero-order valence-electron chi connectivity index (χ0n) is 6.88. The number of nitrogens with one attached hydrogen (secondary N) is 1. The highest BCUT2D eigenvalue weighted by molar-refractivity contribution is 7.99. The third-order valence-corrected chi connectivity index (χ3v) is 3.00. The van der Waals surface area contributed by atoms with Crippen LogP contribution in [0.15, 0.2) is 12.2 Å². The van der Waals surface area contributed by atoms with Gasteiger partial charge >= 0.3 is 5.97 Å². The van der Waals surface area contributed by atoms with Crippen molar-refractivity contribution in [1.82, 2.24) is 5.32 Å². The Labute approximate surface area is 76.2 Å². The monoisotopic (exact) mass is 187 g/mol. The third kappa shape index (κ3) is 2.87. The quantitative estimate of drug-likeness (QED) is 0.637. The van der Waals surface area contributed by atoms with E-state index in [1.54, 1.807) is 0 Å². The lowest BCUT2D eigenvalue weighted by molar-refractivity contribution is -0.132. The molecule has 0 spiro atoms. The van der Waals surface area contributed by atoms with Crippen molar-refractivity contribution in [3.8, 4) is 0 Å². The molecule has 1 fully saturated rings. The summed E-state index contributed by atoms with van der Waals surface area (Å²) >= 11 is 1.90. The van der Waals surface area contributed by atoms with E-state index in [-0.39, 0.29) is 5.57 Å². The molecule has 68 valence electrons. The SMILES string of the molecule is C=C(CNC1CCSC1)C(=O)O. The van der Waals surface area contributed by atoms with Gasteiger partial charge in [0.1, 0.15) is 0 Å². The van der Waals surface area contributed by atoms with Crippen LogP contribution in [-0.4, -0.2) is 35.2 Å². The van der Waals surface area contributed by atoms with Crippen LogP contribution in [0.5, 0.6) is 0 Å². The second-order valence-electron chi connectivity index (χ2n) is 2.85. The van der Waals surface area contributed by atoms with Crippen LogP contribution in [0.3, 0.4) is 0 Å². The molecule has 1 aliphatic rings. The molecule has 0 aromatic heterocycles. The number of rotatable bonds is 4. The number of hydrogen-bond donors (Lipinski definition) is 2. The van der Waals surface area contributed by atoms with Gasteiger partial charge in [-0.1, -0.05) is 6.58 Å². The second kappa shape index (κ2) is 4.52. The zero-order valence-corrected chi connectivity index (χ0v) is 7.69. The van der Waals surface area contributed by atoms with Crippen molar-refractivity contribution >= 4 is 17.7 Å². The van der Waals surface area contributed by atoms with Gasteiger partial charge in [-0.05, 0) is 12.2 Å². The number of thioether (sulfide) groups is 1. The molecule has 0 bridgehead atoms. The molecular formula is C8H13NO2S. The minimum Gasteiger partial charge on any atom is -0.478 e. The Morgan fingerprint density at radius 2 is 2.50 bits per heavy atom. The summed E-state index contributed by atoms with van der Waals surface area (Å²) in [6, 6.07) is 0.478. The summed E-state index contributed by atoms with van der Waals surface area (Å²) in [7, 11) is 0. The van der Waals surface area contributed by atoms with E-state index in [4.69, 9.17) is 5.11 Å². The molecule has 1 rings (SSSR count). The zero-order chi connectivity index (χ0) is 8.97. The van der Waals surface area contributed by atoms with Crippen LogP contribution in [-0.2, 0) is 4.79 Å². The standard InChI is InChI=1S/C8H13NO2S/c1-6(8(10)11)4-9-7-2-3-12-5-7/h7,9H,1-5H2,(H,10,11). The second-order valence-corrected chi connectivity index (χ2v) is 4.00. The summed E-state index contributed by atoms with van der Waals surface area (Å²) in [6.45, 7) is 3.85. The van der Waals surface area contributed by atoms with Crippen LogP contribution in [0.25, 0.3) is 0 Å². The fourth-order valence-electron chi connectivity index (χ4n) is 1.04. The summed E-state index contributed by atoms with van der Waals surface area (Å²) in [5.41, 5.74) is 0.243. The molecule has 1 atom stereocenters. The van der Waals surface area contributed by atoms with Gasteiger partial charge in [0, 0.05) is 23.9 Å².